The number of likely N-dealkylation sites (N-methyl/N-ethyl adjacent to an activating group) is 1. The minimum absolute atomic E-state index is 0.112. The van der Waals surface area contributed by atoms with Crippen LogP contribution in [0.4, 0.5) is 10.5 Å². The standard InChI is InChI=1S/C14H20N2O5/c1-16(8-11(17)9-21-2)14(20)15-12-6-4-3-5-10(12)7-13(18)19/h3-6,11,17H,7-9H2,1-2H3,(H,15,20)(H,18,19). The highest BCUT2D eigenvalue weighted by molar-refractivity contribution is 5.90. The van der Waals surface area contributed by atoms with E-state index in [1.807, 2.05) is 0 Å². The van der Waals surface area contributed by atoms with Crippen LogP contribution < -0.4 is 5.32 Å². The zero-order valence-corrected chi connectivity index (χ0v) is 12.1. The maximum atomic E-state index is 12.0. The number of aliphatic hydroxyl groups excluding tert-OH is 1. The lowest BCUT2D eigenvalue weighted by atomic mass is 10.1. The maximum Gasteiger partial charge on any atom is 0.321 e. The number of para-hydroxylation sites is 1. The molecular formula is C14H20N2O5. The molecule has 1 atom stereocenters. The Balaban J connectivity index is 2.67. The molecule has 116 valence electrons. The first-order valence-electron chi connectivity index (χ1n) is 6.42. The van der Waals surface area contributed by atoms with E-state index >= 15 is 0 Å². The summed E-state index contributed by atoms with van der Waals surface area (Å²) in [5.74, 6) is -0.972. The van der Waals surface area contributed by atoms with Gasteiger partial charge in [-0.05, 0) is 11.6 Å². The summed E-state index contributed by atoms with van der Waals surface area (Å²) in [6, 6.07) is 6.27. The minimum Gasteiger partial charge on any atom is -0.481 e. The monoisotopic (exact) mass is 296 g/mol. The molecule has 0 fully saturated rings. The minimum atomic E-state index is -0.972. The van der Waals surface area contributed by atoms with Crippen LogP contribution in [0.25, 0.3) is 0 Å². The second-order valence-corrected chi connectivity index (χ2v) is 4.65. The maximum absolute atomic E-state index is 12.0. The molecule has 0 aliphatic heterocycles. The van der Waals surface area contributed by atoms with E-state index in [4.69, 9.17) is 9.84 Å². The summed E-state index contributed by atoms with van der Waals surface area (Å²) in [6.45, 7) is 0.244. The normalized spacial score (nSPS) is 11.8. The van der Waals surface area contributed by atoms with Crippen molar-refractivity contribution in [2.45, 2.75) is 12.5 Å². The Kier molecular flexibility index (Phi) is 6.64. The molecule has 3 N–H and O–H groups in total. The van der Waals surface area contributed by atoms with Gasteiger partial charge in [-0.1, -0.05) is 18.2 Å². The topological polar surface area (TPSA) is 99.1 Å². The van der Waals surface area contributed by atoms with Crippen molar-refractivity contribution in [2.24, 2.45) is 0 Å². The van der Waals surface area contributed by atoms with Gasteiger partial charge < -0.3 is 25.2 Å². The number of methoxy groups -OCH3 is 1. The van der Waals surface area contributed by atoms with Crippen molar-refractivity contribution >= 4 is 17.7 Å². The van der Waals surface area contributed by atoms with E-state index in [2.05, 4.69) is 5.32 Å². The number of anilines is 1. The lowest BCUT2D eigenvalue weighted by Crippen LogP contribution is -2.38. The highest BCUT2D eigenvalue weighted by Crippen LogP contribution is 2.16. The van der Waals surface area contributed by atoms with Crippen LogP contribution in [0.15, 0.2) is 24.3 Å². The van der Waals surface area contributed by atoms with Gasteiger partial charge in [0.15, 0.2) is 0 Å². The summed E-state index contributed by atoms with van der Waals surface area (Å²) in [5.41, 5.74) is 0.960. The molecule has 1 unspecified atom stereocenters. The van der Waals surface area contributed by atoms with Crippen LogP contribution in [0.1, 0.15) is 5.56 Å². The summed E-state index contributed by atoms with van der Waals surface area (Å²) in [7, 11) is 3.00. The first-order chi connectivity index (χ1) is 9.93. The molecule has 0 heterocycles. The van der Waals surface area contributed by atoms with Gasteiger partial charge in [0.05, 0.1) is 25.7 Å². The van der Waals surface area contributed by atoms with Gasteiger partial charge in [-0.15, -0.1) is 0 Å². The third-order valence-electron chi connectivity index (χ3n) is 2.79. The van der Waals surface area contributed by atoms with Crippen LogP contribution in [0.3, 0.4) is 0 Å². The van der Waals surface area contributed by atoms with Gasteiger partial charge in [-0.3, -0.25) is 4.79 Å². The third-order valence-corrected chi connectivity index (χ3v) is 2.79. The average Bonchev–Trinajstić information content (AvgIpc) is 2.40. The molecule has 0 saturated carbocycles. The molecule has 1 aromatic rings. The Morgan fingerprint density at radius 3 is 2.67 bits per heavy atom. The van der Waals surface area contributed by atoms with Crippen molar-refractivity contribution < 1.29 is 24.5 Å². The molecule has 2 amide bonds. The molecule has 0 aliphatic carbocycles. The second kappa shape index (κ2) is 8.23. The largest absolute Gasteiger partial charge is 0.481 e. The first kappa shape index (κ1) is 16.9. The first-order valence-corrected chi connectivity index (χ1v) is 6.42. The number of aliphatic carboxylic acids is 1. The molecule has 0 radical (unpaired) electrons. The number of nitrogens with zero attached hydrogens (tertiary/aromatic N) is 1. The predicted molar refractivity (Wildman–Crippen MR) is 77.3 cm³/mol. The predicted octanol–water partition coefficient (Wildman–Crippen LogP) is 0.785. The van der Waals surface area contributed by atoms with Crippen molar-refractivity contribution in [1.29, 1.82) is 0 Å². The van der Waals surface area contributed by atoms with Crippen molar-refractivity contribution in [1.82, 2.24) is 4.90 Å². The van der Waals surface area contributed by atoms with E-state index in [9.17, 15) is 14.7 Å². The Bertz CT molecular complexity index is 492. The molecule has 1 aromatic carbocycles. The number of urea groups is 1. The average molecular weight is 296 g/mol. The number of hydrogen-bond acceptors (Lipinski definition) is 4. The van der Waals surface area contributed by atoms with Gasteiger partial charge in [0.25, 0.3) is 0 Å². The summed E-state index contributed by atoms with van der Waals surface area (Å²) in [4.78, 5) is 24.1. The summed E-state index contributed by atoms with van der Waals surface area (Å²) >= 11 is 0. The van der Waals surface area contributed by atoms with Gasteiger partial charge in [0, 0.05) is 19.8 Å². The lowest BCUT2D eigenvalue weighted by Gasteiger charge is -2.21. The number of amides is 2. The van der Waals surface area contributed by atoms with E-state index in [-0.39, 0.29) is 19.6 Å². The number of nitrogens with one attached hydrogen (secondary N) is 1. The number of carboxylic acids is 1. The summed E-state index contributed by atoms with van der Waals surface area (Å²) < 4.78 is 4.79. The number of hydrogen-bond donors (Lipinski definition) is 3. The molecule has 0 saturated heterocycles. The summed E-state index contributed by atoms with van der Waals surface area (Å²) in [6.07, 6.45) is -0.952. The van der Waals surface area contributed by atoms with Crippen LogP contribution in [-0.2, 0) is 16.0 Å². The molecule has 7 nitrogen and oxygen atoms in total. The van der Waals surface area contributed by atoms with E-state index in [0.29, 0.717) is 11.3 Å². The molecule has 0 aliphatic rings. The fraction of sp³-hybridized carbons (Fsp3) is 0.429. The van der Waals surface area contributed by atoms with E-state index in [0.717, 1.165) is 0 Å². The molecule has 1 rings (SSSR count). The Hall–Kier alpha value is -2.12. The van der Waals surface area contributed by atoms with Crippen LogP contribution in [-0.4, -0.2) is 60.5 Å². The number of benzene rings is 1. The zero-order chi connectivity index (χ0) is 15.8. The van der Waals surface area contributed by atoms with Gasteiger partial charge >= 0.3 is 12.0 Å². The number of ether oxygens (including phenoxy) is 1. The Morgan fingerprint density at radius 2 is 2.05 bits per heavy atom. The van der Waals surface area contributed by atoms with Crippen LogP contribution in [0.5, 0.6) is 0 Å². The molecule has 0 aromatic heterocycles. The van der Waals surface area contributed by atoms with E-state index in [1.54, 1.807) is 24.3 Å². The molecular weight excluding hydrogens is 276 g/mol. The quantitative estimate of drug-likeness (QED) is 0.690. The van der Waals surface area contributed by atoms with E-state index < -0.39 is 18.1 Å². The molecule has 7 heteroatoms. The number of carboxylic acid groups (broad SMARTS) is 1. The SMILES string of the molecule is COCC(O)CN(C)C(=O)Nc1ccccc1CC(=O)O. The van der Waals surface area contributed by atoms with Gasteiger partial charge in [-0.25, -0.2) is 4.79 Å². The van der Waals surface area contributed by atoms with Gasteiger partial charge in [-0.2, -0.15) is 0 Å². The summed E-state index contributed by atoms with van der Waals surface area (Å²) in [5, 5.41) is 21.1. The van der Waals surface area contributed by atoms with E-state index in [1.165, 1.54) is 19.1 Å². The fourth-order valence-corrected chi connectivity index (χ4v) is 1.81. The van der Waals surface area contributed by atoms with Crippen molar-refractivity contribution in [2.75, 3.05) is 32.6 Å². The Morgan fingerprint density at radius 1 is 1.38 bits per heavy atom. The van der Waals surface area contributed by atoms with Crippen molar-refractivity contribution in [3.63, 3.8) is 0 Å². The molecule has 0 bridgehead atoms. The molecule has 21 heavy (non-hydrogen) atoms. The lowest BCUT2D eigenvalue weighted by molar-refractivity contribution is -0.136. The smallest absolute Gasteiger partial charge is 0.321 e. The number of carbonyl (C=O) groups excluding carboxylic acids is 1. The van der Waals surface area contributed by atoms with Crippen LogP contribution in [0, 0.1) is 0 Å². The van der Waals surface area contributed by atoms with Crippen molar-refractivity contribution in [3.8, 4) is 0 Å². The highest BCUT2D eigenvalue weighted by Gasteiger charge is 2.15. The van der Waals surface area contributed by atoms with Crippen molar-refractivity contribution in [3.05, 3.63) is 29.8 Å². The van der Waals surface area contributed by atoms with Crippen LogP contribution in [0.2, 0.25) is 0 Å². The van der Waals surface area contributed by atoms with Gasteiger partial charge in [0.1, 0.15) is 0 Å². The highest BCUT2D eigenvalue weighted by atomic mass is 16.5. The number of carbonyl (C=O) groups is 2. The fourth-order valence-electron chi connectivity index (χ4n) is 1.81. The third kappa shape index (κ3) is 5.80. The Labute approximate surface area is 123 Å². The van der Waals surface area contributed by atoms with Gasteiger partial charge in [0.2, 0.25) is 0 Å². The zero-order valence-electron chi connectivity index (χ0n) is 12.1. The molecule has 0 spiro atoms. The second-order valence-electron chi connectivity index (χ2n) is 4.65. The number of rotatable bonds is 7. The number of aliphatic hydroxyl groups is 1. The van der Waals surface area contributed by atoms with Crippen LogP contribution >= 0.6 is 0 Å².